The van der Waals surface area contributed by atoms with Crippen molar-refractivity contribution in [3.63, 3.8) is 0 Å². The molecule has 0 bridgehead atoms. The highest BCUT2D eigenvalue weighted by Gasteiger charge is 2.09. The summed E-state index contributed by atoms with van der Waals surface area (Å²) in [6.45, 7) is 8.55. The van der Waals surface area contributed by atoms with Crippen LogP contribution in [0, 0.1) is 0 Å². The Morgan fingerprint density at radius 1 is 1.46 bits per heavy atom. The van der Waals surface area contributed by atoms with Gasteiger partial charge in [0.05, 0.1) is 0 Å². The second kappa shape index (κ2) is 6.46. The monoisotopic (exact) mass is 200 g/mol. The molecule has 1 aliphatic rings. The molecule has 1 rings (SSSR count). The van der Waals surface area contributed by atoms with Crippen molar-refractivity contribution in [2.24, 2.45) is 0 Å². The van der Waals surface area contributed by atoms with E-state index in [9.17, 15) is 0 Å². The zero-order valence-corrected chi connectivity index (χ0v) is 9.33. The van der Waals surface area contributed by atoms with Crippen molar-refractivity contribution in [3.8, 4) is 0 Å². The number of nitrogens with one attached hydrogen (secondary N) is 1. The zero-order chi connectivity index (χ0) is 9.52. The van der Waals surface area contributed by atoms with Crippen LogP contribution in [0.1, 0.15) is 6.42 Å². The lowest BCUT2D eigenvalue weighted by Crippen LogP contribution is -2.30. The standard InChI is InChI=1S/C10H20N2S/c1-10(8-11-2)9-12-4-3-6-13-7-5-12/h11H,1,3-9H2,2H3. The van der Waals surface area contributed by atoms with Crippen LogP contribution in [-0.2, 0) is 0 Å². The van der Waals surface area contributed by atoms with Gasteiger partial charge in [-0.3, -0.25) is 4.90 Å². The van der Waals surface area contributed by atoms with Gasteiger partial charge >= 0.3 is 0 Å². The average Bonchev–Trinajstić information content (AvgIpc) is 2.33. The van der Waals surface area contributed by atoms with Crippen LogP contribution in [0.15, 0.2) is 12.2 Å². The van der Waals surface area contributed by atoms with Gasteiger partial charge in [0, 0.05) is 25.4 Å². The fraction of sp³-hybridized carbons (Fsp3) is 0.800. The predicted molar refractivity (Wildman–Crippen MR) is 61.4 cm³/mol. The van der Waals surface area contributed by atoms with Crippen LogP contribution in [0.4, 0.5) is 0 Å². The van der Waals surface area contributed by atoms with Crippen molar-refractivity contribution >= 4 is 11.8 Å². The quantitative estimate of drug-likeness (QED) is 0.687. The van der Waals surface area contributed by atoms with Gasteiger partial charge in [0.1, 0.15) is 0 Å². The second-order valence-electron chi connectivity index (χ2n) is 3.52. The first-order valence-electron chi connectivity index (χ1n) is 4.94. The maximum atomic E-state index is 4.06. The fourth-order valence-corrected chi connectivity index (χ4v) is 2.50. The van der Waals surface area contributed by atoms with Crippen LogP contribution in [0.25, 0.3) is 0 Å². The molecule has 1 heterocycles. The average molecular weight is 200 g/mol. The third kappa shape index (κ3) is 4.69. The normalized spacial score (nSPS) is 19.8. The third-order valence-electron chi connectivity index (χ3n) is 2.19. The van der Waals surface area contributed by atoms with E-state index in [0.29, 0.717) is 0 Å². The summed E-state index contributed by atoms with van der Waals surface area (Å²) in [6.07, 6.45) is 1.33. The Hall–Kier alpha value is 0.0100. The summed E-state index contributed by atoms with van der Waals surface area (Å²) in [5, 5.41) is 3.14. The molecule has 1 saturated heterocycles. The minimum Gasteiger partial charge on any atom is -0.316 e. The Labute approximate surface area is 85.8 Å². The van der Waals surface area contributed by atoms with Crippen molar-refractivity contribution in [2.45, 2.75) is 6.42 Å². The van der Waals surface area contributed by atoms with Gasteiger partial charge < -0.3 is 5.32 Å². The van der Waals surface area contributed by atoms with Crippen LogP contribution in [0.5, 0.6) is 0 Å². The van der Waals surface area contributed by atoms with E-state index in [4.69, 9.17) is 0 Å². The van der Waals surface area contributed by atoms with Gasteiger partial charge in [-0.15, -0.1) is 0 Å². The summed E-state index contributed by atoms with van der Waals surface area (Å²) in [6, 6.07) is 0. The first-order valence-corrected chi connectivity index (χ1v) is 6.09. The number of rotatable bonds is 4. The van der Waals surface area contributed by atoms with E-state index in [0.717, 1.165) is 13.1 Å². The Kier molecular flexibility index (Phi) is 5.51. The van der Waals surface area contributed by atoms with Gasteiger partial charge in [-0.1, -0.05) is 6.58 Å². The zero-order valence-electron chi connectivity index (χ0n) is 8.51. The fourth-order valence-electron chi connectivity index (χ4n) is 1.58. The summed E-state index contributed by atoms with van der Waals surface area (Å²) in [7, 11) is 1.98. The predicted octanol–water partition coefficient (Wildman–Crippen LogP) is 1.20. The van der Waals surface area contributed by atoms with Crippen LogP contribution in [-0.4, -0.2) is 49.6 Å². The number of nitrogens with zero attached hydrogens (tertiary/aromatic N) is 1. The topological polar surface area (TPSA) is 15.3 Å². The molecule has 1 fully saturated rings. The lowest BCUT2D eigenvalue weighted by molar-refractivity contribution is 0.318. The molecule has 0 aromatic carbocycles. The highest BCUT2D eigenvalue weighted by atomic mass is 32.2. The molecule has 13 heavy (non-hydrogen) atoms. The first-order chi connectivity index (χ1) is 6.33. The molecule has 0 amide bonds. The van der Waals surface area contributed by atoms with Crippen LogP contribution >= 0.6 is 11.8 Å². The Morgan fingerprint density at radius 3 is 3.08 bits per heavy atom. The summed E-state index contributed by atoms with van der Waals surface area (Å²) in [4.78, 5) is 2.51. The van der Waals surface area contributed by atoms with E-state index in [2.05, 4.69) is 28.6 Å². The Balaban J connectivity index is 2.21. The molecule has 0 spiro atoms. The maximum absolute atomic E-state index is 4.06. The van der Waals surface area contributed by atoms with Crippen molar-refractivity contribution in [2.75, 3.05) is 44.7 Å². The van der Waals surface area contributed by atoms with Crippen LogP contribution < -0.4 is 5.32 Å². The molecule has 2 nitrogen and oxygen atoms in total. The molecule has 0 saturated carbocycles. The molecule has 1 aliphatic heterocycles. The molecule has 0 radical (unpaired) electrons. The van der Waals surface area contributed by atoms with Crippen molar-refractivity contribution in [1.82, 2.24) is 10.2 Å². The van der Waals surface area contributed by atoms with E-state index in [1.54, 1.807) is 0 Å². The highest BCUT2D eigenvalue weighted by molar-refractivity contribution is 7.99. The molecular weight excluding hydrogens is 180 g/mol. The number of likely N-dealkylation sites (N-methyl/N-ethyl adjacent to an activating group) is 1. The summed E-state index contributed by atoms with van der Waals surface area (Å²) < 4.78 is 0. The van der Waals surface area contributed by atoms with Crippen molar-refractivity contribution in [1.29, 1.82) is 0 Å². The maximum Gasteiger partial charge on any atom is 0.0203 e. The highest BCUT2D eigenvalue weighted by Crippen LogP contribution is 2.10. The molecule has 0 unspecified atom stereocenters. The molecular formula is C10H20N2S. The molecule has 76 valence electrons. The molecule has 3 heteroatoms. The van der Waals surface area contributed by atoms with E-state index in [1.165, 1.54) is 36.6 Å². The number of hydrogen-bond donors (Lipinski definition) is 1. The van der Waals surface area contributed by atoms with Gasteiger partial charge in [-0.25, -0.2) is 0 Å². The third-order valence-corrected chi connectivity index (χ3v) is 3.24. The van der Waals surface area contributed by atoms with E-state index in [-0.39, 0.29) is 0 Å². The van der Waals surface area contributed by atoms with Gasteiger partial charge in [-0.2, -0.15) is 11.8 Å². The van der Waals surface area contributed by atoms with Crippen LogP contribution in [0.2, 0.25) is 0 Å². The molecule has 0 aromatic rings. The Bertz CT molecular complexity index is 151. The largest absolute Gasteiger partial charge is 0.316 e. The summed E-state index contributed by atoms with van der Waals surface area (Å²) in [5.74, 6) is 2.61. The molecule has 0 aromatic heterocycles. The second-order valence-corrected chi connectivity index (χ2v) is 4.75. The van der Waals surface area contributed by atoms with Crippen LogP contribution in [0.3, 0.4) is 0 Å². The van der Waals surface area contributed by atoms with Gasteiger partial charge in [0.15, 0.2) is 0 Å². The SMILES string of the molecule is C=C(CNC)CN1CCCSCC1. The molecule has 0 atom stereocenters. The number of thioether (sulfide) groups is 1. The van der Waals surface area contributed by atoms with Crippen molar-refractivity contribution < 1.29 is 0 Å². The van der Waals surface area contributed by atoms with Gasteiger partial charge in [0.25, 0.3) is 0 Å². The first kappa shape index (κ1) is 11.1. The van der Waals surface area contributed by atoms with E-state index in [1.807, 2.05) is 7.05 Å². The smallest absolute Gasteiger partial charge is 0.0203 e. The minimum atomic E-state index is 0.948. The van der Waals surface area contributed by atoms with E-state index < -0.39 is 0 Å². The van der Waals surface area contributed by atoms with Gasteiger partial charge in [-0.05, 0) is 31.3 Å². The summed E-state index contributed by atoms with van der Waals surface area (Å²) in [5.41, 5.74) is 1.30. The lowest BCUT2D eigenvalue weighted by atomic mass is 10.2. The van der Waals surface area contributed by atoms with Gasteiger partial charge in [0.2, 0.25) is 0 Å². The van der Waals surface area contributed by atoms with E-state index >= 15 is 0 Å². The molecule has 1 N–H and O–H groups in total. The molecule has 0 aliphatic carbocycles. The van der Waals surface area contributed by atoms with Crippen molar-refractivity contribution in [3.05, 3.63) is 12.2 Å². The number of hydrogen-bond acceptors (Lipinski definition) is 3. The Morgan fingerprint density at radius 2 is 2.31 bits per heavy atom. The minimum absolute atomic E-state index is 0.948. The lowest BCUT2D eigenvalue weighted by Gasteiger charge is -2.20. The summed E-state index contributed by atoms with van der Waals surface area (Å²) >= 11 is 2.07.